The van der Waals surface area contributed by atoms with Gasteiger partial charge >= 0.3 is 0 Å². The van der Waals surface area contributed by atoms with Gasteiger partial charge in [0.15, 0.2) is 0 Å². The van der Waals surface area contributed by atoms with Gasteiger partial charge in [0, 0.05) is 44.5 Å². The Labute approximate surface area is 182 Å². The van der Waals surface area contributed by atoms with Crippen LogP contribution >= 0.6 is 0 Å². The standard InChI is InChI=1S/C25H25N3O3/c1-28(2)25(30)14-10-20-17-27-16-15-22(20)18-7-11-21(12-8-18)31-23-6-4-3-5-19(23)9-13-24(26)29/h3-8,10-12,14-17H,9,13H2,1-2H3,(H2,26,29). The fraction of sp³-hybridized carbons (Fsp3) is 0.160. The number of aryl methyl sites for hydroxylation is 1. The zero-order valence-electron chi connectivity index (χ0n) is 17.6. The van der Waals surface area contributed by atoms with Gasteiger partial charge in [0.1, 0.15) is 11.5 Å². The van der Waals surface area contributed by atoms with Crippen molar-refractivity contribution >= 4 is 17.9 Å². The molecule has 2 N–H and O–H groups in total. The number of carbonyl (C=O) groups is 2. The minimum Gasteiger partial charge on any atom is -0.457 e. The van der Waals surface area contributed by atoms with Gasteiger partial charge in [-0.25, -0.2) is 0 Å². The maximum Gasteiger partial charge on any atom is 0.246 e. The molecule has 0 bridgehead atoms. The number of nitrogens with two attached hydrogens (primary N) is 1. The second kappa shape index (κ2) is 10.2. The summed E-state index contributed by atoms with van der Waals surface area (Å²) in [6, 6.07) is 17.2. The monoisotopic (exact) mass is 415 g/mol. The van der Waals surface area contributed by atoms with Gasteiger partial charge in [-0.1, -0.05) is 30.3 Å². The van der Waals surface area contributed by atoms with E-state index in [0.717, 1.165) is 22.3 Å². The van der Waals surface area contributed by atoms with Crippen LogP contribution in [0.1, 0.15) is 17.5 Å². The van der Waals surface area contributed by atoms with Gasteiger partial charge < -0.3 is 15.4 Å². The van der Waals surface area contributed by atoms with Gasteiger partial charge in [0.05, 0.1) is 0 Å². The summed E-state index contributed by atoms with van der Waals surface area (Å²) in [5.41, 5.74) is 8.99. The van der Waals surface area contributed by atoms with E-state index in [4.69, 9.17) is 10.5 Å². The number of aromatic nitrogens is 1. The Bertz CT molecular complexity index is 1090. The summed E-state index contributed by atoms with van der Waals surface area (Å²) in [4.78, 5) is 28.7. The van der Waals surface area contributed by atoms with E-state index in [-0.39, 0.29) is 18.2 Å². The third kappa shape index (κ3) is 6.02. The average molecular weight is 415 g/mol. The van der Waals surface area contributed by atoms with Crippen LogP contribution in [-0.4, -0.2) is 35.8 Å². The lowest BCUT2D eigenvalue weighted by atomic mass is 10.0. The van der Waals surface area contributed by atoms with Crippen LogP contribution in [-0.2, 0) is 16.0 Å². The lowest BCUT2D eigenvalue weighted by Gasteiger charge is -2.12. The fourth-order valence-corrected chi connectivity index (χ4v) is 3.01. The first-order valence-electron chi connectivity index (χ1n) is 9.92. The Balaban J connectivity index is 1.79. The van der Waals surface area contributed by atoms with E-state index in [1.807, 2.05) is 54.6 Å². The van der Waals surface area contributed by atoms with Crippen LogP contribution in [0.15, 0.2) is 73.1 Å². The van der Waals surface area contributed by atoms with Crippen LogP contribution in [0.2, 0.25) is 0 Å². The Morgan fingerprint density at radius 2 is 1.81 bits per heavy atom. The van der Waals surface area contributed by atoms with E-state index in [0.29, 0.717) is 17.9 Å². The molecule has 0 aliphatic rings. The van der Waals surface area contributed by atoms with Gasteiger partial charge in [-0.2, -0.15) is 0 Å². The second-order valence-electron chi connectivity index (χ2n) is 7.23. The van der Waals surface area contributed by atoms with Crippen LogP contribution in [0.3, 0.4) is 0 Å². The minimum atomic E-state index is -0.339. The zero-order valence-corrected chi connectivity index (χ0v) is 17.6. The lowest BCUT2D eigenvalue weighted by molar-refractivity contribution is -0.123. The molecule has 6 nitrogen and oxygen atoms in total. The molecule has 2 aromatic carbocycles. The molecule has 0 saturated carbocycles. The summed E-state index contributed by atoms with van der Waals surface area (Å²) in [7, 11) is 3.42. The van der Waals surface area contributed by atoms with Crippen molar-refractivity contribution in [3.8, 4) is 22.6 Å². The van der Waals surface area contributed by atoms with Crippen molar-refractivity contribution in [2.24, 2.45) is 5.73 Å². The summed E-state index contributed by atoms with van der Waals surface area (Å²) in [5, 5.41) is 0. The Kier molecular flexibility index (Phi) is 7.17. The summed E-state index contributed by atoms with van der Waals surface area (Å²) >= 11 is 0. The maximum absolute atomic E-state index is 11.9. The number of nitrogens with zero attached hydrogens (tertiary/aromatic N) is 2. The molecule has 3 aromatic rings. The van der Waals surface area contributed by atoms with Gasteiger partial charge in [-0.3, -0.25) is 14.6 Å². The molecule has 0 fully saturated rings. The lowest BCUT2D eigenvalue weighted by Crippen LogP contribution is -2.18. The number of primary amides is 1. The van der Waals surface area contributed by atoms with Crippen molar-refractivity contribution in [2.45, 2.75) is 12.8 Å². The number of carbonyl (C=O) groups excluding carboxylic acids is 2. The third-order valence-corrected chi connectivity index (χ3v) is 4.70. The molecular weight excluding hydrogens is 390 g/mol. The number of amides is 2. The highest BCUT2D eigenvalue weighted by Crippen LogP contribution is 2.30. The molecule has 6 heteroatoms. The van der Waals surface area contributed by atoms with E-state index < -0.39 is 0 Å². The van der Waals surface area contributed by atoms with Gasteiger partial charge in [0.25, 0.3) is 0 Å². The molecule has 0 aliphatic heterocycles. The van der Waals surface area contributed by atoms with E-state index in [1.54, 1.807) is 32.6 Å². The molecule has 0 unspecified atom stereocenters. The Morgan fingerprint density at radius 3 is 2.52 bits per heavy atom. The SMILES string of the molecule is CN(C)C(=O)C=Cc1cnccc1-c1ccc(Oc2ccccc2CCC(N)=O)cc1. The summed E-state index contributed by atoms with van der Waals surface area (Å²) in [5.74, 6) is 0.956. The third-order valence-electron chi connectivity index (χ3n) is 4.70. The number of benzene rings is 2. The summed E-state index contributed by atoms with van der Waals surface area (Å²) in [6.45, 7) is 0. The minimum absolute atomic E-state index is 0.0893. The first kappa shape index (κ1) is 21.8. The quantitative estimate of drug-likeness (QED) is 0.562. The van der Waals surface area contributed by atoms with Crippen LogP contribution in [0.4, 0.5) is 0 Å². The predicted molar refractivity (Wildman–Crippen MR) is 121 cm³/mol. The summed E-state index contributed by atoms with van der Waals surface area (Å²) in [6.07, 6.45) is 7.55. The molecule has 31 heavy (non-hydrogen) atoms. The van der Waals surface area contributed by atoms with Gasteiger partial charge in [-0.15, -0.1) is 0 Å². The largest absolute Gasteiger partial charge is 0.457 e. The highest BCUT2D eigenvalue weighted by molar-refractivity contribution is 5.92. The molecular formula is C25H25N3O3. The van der Waals surface area contributed by atoms with Crippen molar-refractivity contribution < 1.29 is 14.3 Å². The van der Waals surface area contributed by atoms with Gasteiger partial charge in [-0.05, 0) is 53.5 Å². The van der Waals surface area contributed by atoms with Crippen LogP contribution < -0.4 is 10.5 Å². The Morgan fingerprint density at radius 1 is 1.06 bits per heavy atom. The first-order chi connectivity index (χ1) is 14.9. The second-order valence-corrected chi connectivity index (χ2v) is 7.23. The van der Waals surface area contributed by atoms with Crippen LogP contribution in [0.5, 0.6) is 11.5 Å². The number of ether oxygens (including phenoxy) is 1. The maximum atomic E-state index is 11.9. The van der Waals surface area contributed by atoms with Crippen molar-refractivity contribution in [1.82, 2.24) is 9.88 Å². The number of hydrogen-bond donors (Lipinski definition) is 1. The molecule has 0 spiro atoms. The molecule has 2 amide bonds. The van der Waals surface area contributed by atoms with Crippen molar-refractivity contribution in [1.29, 1.82) is 0 Å². The average Bonchev–Trinajstić information content (AvgIpc) is 2.77. The first-order valence-corrected chi connectivity index (χ1v) is 9.92. The number of likely N-dealkylation sites (N-methyl/N-ethyl adjacent to an activating group) is 1. The van der Waals surface area contributed by atoms with Crippen molar-refractivity contribution in [3.63, 3.8) is 0 Å². The predicted octanol–water partition coefficient (Wildman–Crippen LogP) is 4.06. The van der Waals surface area contributed by atoms with Crippen LogP contribution in [0.25, 0.3) is 17.2 Å². The molecule has 158 valence electrons. The molecule has 0 atom stereocenters. The number of para-hydroxylation sites is 1. The number of hydrogen-bond acceptors (Lipinski definition) is 4. The molecule has 1 heterocycles. The van der Waals surface area contributed by atoms with Crippen molar-refractivity contribution in [3.05, 3.63) is 84.2 Å². The highest BCUT2D eigenvalue weighted by atomic mass is 16.5. The van der Waals surface area contributed by atoms with E-state index in [9.17, 15) is 9.59 Å². The molecule has 3 rings (SSSR count). The molecule has 1 aromatic heterocycles. The fourth-order valence-electron chi connectivity index (χ4n) is 3.01. The van der Waals surface area contributed by atoms with E-state index in [2.05, 4.69) is 4.98 Å². The smallest absolute Gasteiger partial charge is 0.246 e. The molecule has 0 aliphatic carbocycles. The number of pyridine rings is 1. The normalized spacial score (nSPS) is 10.8. The highest BCUT2D eigenvalue weighted by Gasteiger charge is 2.08. The Hall–Kier alpha value is -3.93. The van der Waals surface area contributed by atoms with E-state index >= 15 is 0 Å². The van der Waals surface area contributed by atoms with Crippen molar-refractivity contribution in [2.75, 3.05) is 14.1 Å². The summed E-state index contributed by atoms with van der Waals surface area (Å²) < 4.78 is 6.04. The van der Waals surface area contributed by atoms with E-state index in [1.165, 1.54) is 11.0 Å². The number of rotatable bonds is 8. The van der Waals surface area contributed by atoms with Crippen LogP contribution in [0, 0.1) is 0 Å². The molecule has 0 radical (unpaired) electrons. The zero-order chi connectivity index (χ0) is 22.2. The topological polar surface area (TPSA) is 85.5 Å². The molecule has 0 saturated heterocycles. The van der Waals surface area contributed by atoms with Gasteiger partial charge in [0.2, 0.25) is 11.8 Å².